The molecular formula is C23H19ClFNO3. The van der Waals surface area contributed by atoms with Gasteiger partial charge < -0.3 is 9.84 Å². The molecule has 1 N–H and O–H groups in total. The molecule has 4 rings (SSSR count). The smallest absolute Gasteiger partial charge is 0.336 e. The Hall–Kier alpha value is -2.92. The van der Waals surface area contributed by atoms with E-state index in [9.17, 15) is 14.3 Å². The summed E-state index contributed by atoms with van der Waals surface area (Å²) in [6.45, 7) is 0.580. The van der Waals surface area contributed by atoms with E-state index in [0.29, 0.717) is 29.2 Å². The van der Waals surface area contributed by atoms with Crippen LogP contribution in [0.15, 0.2) is 54.9 Å². The SMILES string of the molecule is O=C(O)c1ccncc1CCC1CCOc2cc(-c3cc(F)ccc3Cl)ccc21. The monoisotopic (exact) mass is 411 g/mol. The second kappa shape index (κ2) is 8.21. The Labute approximate surface area is 172 Å². The predicted octanol–water partition coefficient (Wildman–Crippen LogP) is 5.74. The maximum Gasteiger partial charge on any atom is 0.336 e. The minimum atomic E-state index is -0.939. The number of pyridine rings is 1. The van der Waals surface area contributed by atoms with Crippen molar-refractivity contribution in [3.63, 3.8) is 0 Å². The van der Waals surface area contributed by atoms with Gasteiger partial charge in [0.05, 0.1) is 12.2 Å². The molecule has 0 saturated heterocycles. The van der Waals surface area contributed by atoms with Crippen LogP contribution in [-0.2, 0) is 6.42 Å². The van der Waals surface area contributed by atoms with Crippen molar-refractivity contribution >= 4 is 17.6 Å². The average molecular weight is 412 g/mol. The normalized spacial score (nSPS) is 15.4. The molecule has 0 amide bonds. The van der Waals surface area contributed by atoms with Crippen molar-refractivity contribution in [2.75, 3.05) is 6.61 Å². The van der Waals surface area contributed by atoms with Crippen molar-refractivity contribution < 1.29 is 19.0 Å². The van der Waals surface area contributed by atoms with Crippen LogP contribution in [0.2, 0.25) is 5.02 Å². The van der Waals surface area contributed by atoms with Crippen molar-refractivity contribution in [2.45, 2.75) is 25.2 Å². The number of carboxylic acid groups (broad SMARTS) is 1. The number of aryl methyl sites for hydroxylation is 1. The molecule has 6 heteroatoms. The molecule has 0 bridgehead atoms. The maximum atomic E-state index is 13.6. The van der Waals surface area contributed by atoms with Crippen molar-refractivity contribution in [3.05, 3.63) is 82.4 Å². The van der Waals surface area contributed by atoms with Crippen LogP contribution in [0.5, 0.6) is 5.75 Å². The number of rotatable bonds is 5. The molecule has 0 saturated carbocycles. The average Bonchev–Trinajstić information content (AvgIpc) is 2.73. The highest BCUT2D eigenvalue weighted by Crippen LogP contribution is 2.40. The summed E-state index contributed by atoms with van der Waals surface area (Å²) in [5.74, 6) is -0.264. The maximum absolute atomic E-state index is 13.6. The van der Waals surface area contributed by atoms with Crippen LogP contribution < -0.4 is 4.74 Å². The van der Waals surface area contributed by atoms with Gasteiger partial charge in [-0.15, -0.1) is 0 Å². The molecule has 0 radical (unpaired) electrons. The lowest BCUT2D eigenvalue weighted by Crippen LogP contribution is -2.15. The number of hydrogen-bond acceptors (Lipinski definition) is 3. The Morgan fingerprint density at radius 2 is 2.10 bits per heavy atom. The lowest BCUT2D eigenvalue weighted by molar-refractivity contribution is 0.0695. The summed E-state index contributed by atoms with van der Waals surface area (Å²) >= 11 is 6.24. The fraction of sp³-hybridized carbons (Fsp3) is 0.217. The molecule has 29 heavy (non-hydrogen) atoms. The molecule has 0 fully saturated rings. The molecule has 2 heterocycles. The number of carboxylic acids is 1. The third-order valence-electron chi connectivity index (χ3n) is 5.31. The van der Waals surface area contributed by atoms with Crippen LogP contribution in [0.3, 0.4) is 0 Å². The van der Waals surface area contributed by atoms with Crippen LogP contribution in [0.25, 0.3) is 11.1 Å². The van der Waals surface area contributed by atoms with Crippen molar-refractivity contribution in [2.24, 2.45) is 0 Å². The van der Waals surface area contributed by atoms with E-state index in [2.05, 4.69) is 4.98 Å². The first-order valence-corrected chi connectivity index (χ1v) is 9.79. The van der Waals surface area contributed by atoms with Crippen molar-refractivity contribution in [1.82, 2.24) is 4.98 Å². The Bertz CT molecular complexity index is 1070. The second-order valence-electron chi connectivity index (χ2n) is 7.09. The van der Waals surface area contributed by atoms with Gasteiger partial charge in [-0.2, -0.15) is 0 Å². The molecule has 1 unspecified atom stereocenters. The molecule has 1 aromatic heterocycles. The van der Waals surface area contributed by atoms with E-state index in [-0.39, 0.29) is 11.7 Å². The zero-order chi connectivity index (χ0) is 20.4. The molecule has 0 spiro atoms. The Morgan fingerprint density at radius 1 is 1.24 bits per heavy atom. The molecule has 1 aliphatic rings. The number of nitrogens with zero attached hydrogens (tertiary/aromatic N) is 1. The first-order chi connectivity index (χ1) is 14.0. The molecule has 148 valence electrons. The van der Waals surface area contributed by atoms with E-state index in [0.717, 1.165) is 35.3 Å². The van der Waals surface area contributed by atoms with Crippen LogP contribution in [0.4, 0.5) is 4.39 Å². The fourth-order valence-electron chi connectivity index (χ4n) is 3.81. The highest BCUT2D eigenvalue weighted by atomic mass is 35.5. The van der Waals surface area contributed by atoms with Gasteiger partial charge in [0, 0.05) is 23.0 Å². The standard InChI is InChI=1S/C23H19ClFNO3/c24-21-6-4-17(25)12-20(21)15-3-5-18-14(8-10-29-22(18)11-15)1-2-16-13-26-9-7-19(16)23(27)28/h3-7,9,11-14H,1-2,8,10H2,(H,27,28). The van der Waals surface area contributed by atoms with Gasteiger partial charge >= 0.3 is 5.97 Å². The second-order valence-corrected chi connectivity index (χ2v) is 7.49. The zero-order valence-corrected chi connectivity index (χ0v) is 16.3. The molecule has 3 aromatic rings. The Balaban J connectivity index is 1.58. The summed E-state index contributed by atoms with van der Waals surface area (Å²) in [5.41, 5.74) is 3.53. The van der Waals surface area contributed by atoms with Gasteiger partial charge in [0.15, 0.2) is 0 Å². The molecule has 1 atom stereocenters. The zero-order valence-electron chi connectivity index (χ0n) is 15.6. The van der Waals surface area contributed by atoms with E-state index < -0.39 is 5.97 Å². The number of aromatic nitrogens is 1. The van der Waals surface area contributed by atoms with Gasteiger partial charge in [-0.3, -0.25) is 4.98 Å². The van der Waals surface area contributed by atoms with Gasteiger partial charge in [-0.05, 0) is 72.2 Å². The lowest BCUT2D eigenvalue weighted by atomic mass is 9.86. The fourth-order valence-corrected chi connectivity index (χ4v) is 4.04. The van der Waals surface area contributed by atoms with Crippen LogP contribution in [0, 0.1) is 5.82 Å². The predicted molar refractivity (Wildman–Crippen MR) is 109 cm³/mol. The van der Waals surface area contributed by atoms with Gasteiger partial charge in [-0.1, -0.05) is 23.7 Å². The molecular weight excluding hydrogens is 393 g/mol. The third-order valence-corrected chi connectivity index (χ3v) is 5.64. The third kappa shape index (κ3) is 4.10. The Morgan fingerprint density at radius 3 is 2.93 bits per heavy atom. The van der Waals surface area contributed by atoms with Crippen molar-refractivity contribution in [3.8, 4) is 16.9 Å². The van der Waals surface area contributed by atoms with Gasteiger partial charge in [0.2, 0.25) is 0 Å². The number of ether oxygens (including phenoxy) is 1. The highest BCUT2D eigenvalue weighted by molar-refractivity contribution is 6.33. The largest absolute Gasteiger partial charge is 0.493 e. The molecule has 2 aromatic carbocycles. The van der Waals surface area contributed by atoms with Crippen LogP contribution in [-0.4, -0.2) is 22.7 Å². The highest BCUT2D eigenvalue weighted by Gasteiger charge is 2.23. The lowest BCUT2D eigenvalue weighted by Gasteiger charge is -2.27. The van der Waals surface area contributed by atoms with Crippen LogP contribution >= 0.6 is 11.6 Å². The number of halogens is 2. The quantitative estimate of drug-likeness (QED) is 0.581. The molecule has 4 nitrogen and oxygen atoms in total. The van der Waals surface area contributed by atoms with E-state index in [1.54, 1.807) is 12.3 Å². The summed E-state index contributed by atoms with van der Waals surface area (Å²) in [7, 11) is 0. The first kappa shape index (κ1) is 19.4. The minimum absolute atomic E-state index is 0.248. The number of hydrogen-bond donors (Lipinski definition) is 1. The summed E-state index contributed by atoms with van der Waals surface area (Å²) in [6, 6.07) is 11.6. The molecule has 0 aliphatic carbocycles. The topological polar surface area (TPSA) is 59.4 Å². The first-order valence-electron chi connectivity index (χ1n) is 9.41. The van der Waals surface area contributed by atoms with E-state index in [1.165, 1.54) is 24.4 Å². The van der Waals surface area contributed by atoms with E-state index >= 15 is 0 Å². The van der Waals surface area contributed by atoms with Gasteiger partial charge in [0.1, 0.15) is 11.6 Å². The summed E-state index contributed by atoms with van der Waals surface area (Å²) in [4.78, 5) is 15.5. The Kier molecular flexibility index (Phi) is 5.49. The number of aromatic carboxylic acids is 1. The number of fused-ring (bicyclic) bond motifs is 1. The van der Waals surface area contributed by atoms with E-state index in [1.807, 2.05) is 18.2 Å². The van der Waals surface area contributed by atoms with Gasteiger partial charge in [-0.25, -0.2) is 9.18 Å². The minimum Gasteiger partial charge on any atom is -0.493 e. The van der Waals surface area contributed by atoms with Crippen molar-refractivity contribution in [1.29, 1.82) is 0 Å². The van der Waals surface area contributed by atoms with Crippen LogP contribution in [0.1, 0.15) is 40.2 Å². The number of carbonyl (C=O) groups is 1. The van der Waals surface area contributed by atoms with E-state index in [4.69, 9.17) is 16.3 Å². The summed E-state index contributed by atoms with van der Waals surface area (Å²) in [5, 5.41) is 9.84. The van der Waals surface area contributed by atoms with Gasteiger partial charge in [0.25, 0.3) is 0 Å². The number of benzene rings is 2. The summed E-state index contributed by atoms with van der Waals surface area (Å²) in [6.07, 6.45) is 5.39. The molecule has 1 aliphatic heterocycles. The summed E-state index contributed by atoms with van der Waals surface area (Å²) < 4.78 is 19.5.